The topological polar surface area (TPSA) is 64.3 Å². The summed E-state index contributed by atoms with van der Waals surface area (Å²) in [6.45, 7) is 4.83. The van der Waals surface area contributed by atoms with Crippen molar-refractivity contribution in [3.05, 3.63) is 18.2 Å². The van der Waals surface area contributed by atoms with E-state index >= 15 is 0 Å². The minimum atomic E-state index is -0.360. The number of hydrogen-bond donors (Lipinski definition) is 2. The Bertz CT molecular complexity index is 479. The molecular formula is C15H22N2O2S. The molecule has 1 heterocycles. The van der Waals surface area contributed by atoms with Gasteiger partial charge in [-0.25, -0.2) is 0 Å². The van der Waals surface area contributed by atoms with Crippen LogP contribution in [0.3, 0.4) is 0 Å². The third-order valence-electron chi connectivity index (χ3n) is 3.40. The van der Waals surface area contributed by atoms with Gasteiger partial charge in [-0.05, 0) is 42.7 Å². The van der Waals surface area contributed by atoms with Gasteiger partial charge in [0, 0.05) is 11.5 Å². The van der Waals surface area contributed by atoms with Crippen molar-refractivity contribution in [2.24, 2.45) is 5.92 Å². The molecule has 2 rings (SSSR count). The molecule has 0 bridgehead atoms. The molecule has 5 heteroatoms. The monoisotopic (exact) mass is 294 g/mol. The maximum absolute atomic E-state index is 12.2. The summed E-state index contributed by atoms with van der Waals surface area (Å²) >= 11 is 1.77. The lowest BCUT2D eigenvalue weighted by atomic mass is 10.0. The highest BCUT2D eigenvalue weighted by molar-refractivity contribution is 7.99. The first-order valence-electron chi connectivity index (χ1n) is 7.06. The Hall–Kier alpha value is -1.20. The third-order valence-corrected chi connectivity index (χ3v) is 4.60. The van der Waals surface area contributed by atoms with E-state index in [-0.39, 0.29) is 17.9 Å². The fourth-order valence-corrected chi connectivity index (χ4v) is 2.99. The van der Waals surface area contributed by atoms with Crippen molar-refractivity contribution in [3.8, 4) is 0 Å². The van der Waals surface area contributed by atoms with Crippen LogP contribution in [-0.2, 0) is 9.53 Å². The number of ether oxygens (including phenoxy) is 1. The molecule has 1 aromatic carbocycles. The van der Waals surface area contributed by atoms with Crippen LogP contribution in [0.1, 0.15) is 26.7 Å². The molecule has 1 saturated heterocycles. The highest BCUT2D eigenvalue weighted by Crippen LogP contribution is 2.28. The molecule has 1 fully saturated rings. The van der Waals surface area contributed by atoms with Gasteiger partial charge in [0.15, 0.2) is 0 Å². The van der Waals surface area contributed by atoms with Gasteiger partial charge in [0.25, 0.3) is 5.91 Å². The van der Waals surface area contributed by atoms with Crippen molar-refractivity contribution in [3.63, 3.8) is 0 Å². The van der Waals surface area contributed by atoms with Gasteiger partial charge in [0.2, 0.25) is 0 Å². The first-order chi connectivity index (χ1) is 9.61. The lowest BCUT2D eigenvalue weighted by Gasteiger charge is -2.16. The van der Waals surface area contributed by atoms with Gasteiger partial charge in [-0.15, -0.1) is 11.8 Å². The van der Waals surface area contributed by atoms with Crippen LogP contribution < -0.4 is 11.1 Å². The fourth-order valence-electron chi connectivity index (χ4n) is 2.19. The molecule has 4 nitrogen and oxygen atoms in total. The van der Waals surface area contributed by atoms with Gasteiger partial charge in [-0.3, -0.25) is 4.79 Å². The van der Waals surface area contributed by atoms with E-state index in [9.17, 15) is 4.79 Å². The quantitative estimate of drug-likeness (QED) is 0.647. The highest BCUT2D eigenvalue weighted by Gasteiger charge is 2.31. The molecule has 20 heavy (non-hydrogen) atoms. The van der Waals surface area contributed by atoms with E-state index in [4.69, 9.17) is 10.5 Å². The standard InChI is InChI=1S/C15H22N2O2S/c1-3-8-20-11-4-5-12(16)13(9-11)17-15(18)14-10(2)6-7-19-14/h4-5,9-10,14H,3,6-8,16H2,1-2H3,(H,17,18). The molecule has 0 radical (unpaired) electrons. The Morgan fingerprint density at radius 1 is 1.55 bits per heavy atom. The maximum Gasteiger partial charge on any atom is 0.253 e. The number of benzene rings is 1. The summed E-state index contributed by atoms with van der Waals surface area (Å²) in [7, 11) is 0. The Balaban J connectivity index is 2.05. The van der Waals surface area contributed by atoms with Crippen LogP contribution in [0.5, 0.6) is 0 Å². The van der Waals surface area contributed by atoms with E-state index < -0.39 is 0 Å². The number of carbonyl (C=O) groups is 1. The van der Waals surface area contributed by atoms with Crippen molar-refractivity contribution in [2.45, 2.75) is 37.7 Å². The number of nitrogens with two attached hydrogens (primary N) is 1. The van der Waals surface area contributed by atoms with E-state index in [1.165, 1.54) is 0 Å². The summed E-state index contributed by atoms with van der Waals surface area (Å²) in [5, 5.41) is 2.90. The lowest BCUT2D eigenvalue weighted by Crippen LogP contribution is -2.31. The van der Waals surface area contributed by atoms with Crippen LogP contribution in [0.4, 0.5) is 11.4 Å². The maximum atomic E-state index is 12.2. The Labute approximate surface area is 124 Å². The van der Waals surface area contributed by atoms with Crippen molar-refractivity contribution < 1.29 is 9.53 Å². The van der Waals surface area contributed by atoms with E-state index in [1.54, 1.807) is 11.8 Å². The Kier molecular flexibility index (Phi) is 5.31. The van der Waals surface area contributed by atoms with Crippen molar-refractivity contribution in [2.75, 3.05) is 23.4 Å². The Morgan fingerprint density at radius 2 is 2.35 bits per heavy atom. The fraction of sp³-hybridized carbons (Fsp3) is 0.533. The van der Waals surface area contributed by atoms with Crippen LogP contribution in [0.25, 0.3) is 0 Å². The zero-order chi connectivity index (χ0) is 14.5. The molecule has 0 aromatic heterocycles. The van der Waals surface area contributed by atoms with E-state index in [0.29, 0.717) is 18.0 Å². The largest absolute Gasteiger partial charge is 0.397 e. The number of hydrogen-bond acceptors (Lipinski definition) is 4. The molecule has 0 saturated carbocycles. The summed E-state index contributed by atoms with van der Waals surface area (Å²) in [6.07, 6.45) is 1.69. The van der Waals surface area contributed by atoms with E-state index in [2.05, 4.69) is 12.2 Å². The van der Waals surface area contributed by atoms with E-state index in [1.807, 2.05) is 25.1 Å². The number of nitrogens with one attached hydrogen (secondary N) is 1. The summed E-state index contributed by atoms with van der Waals surface area (Å²) in [5.41, 5.74) is 7.20. The molecule has 2 unspecified atom stereocenters. The zero-order valence-electron chi connectivity index (χ0n) is 12.0. The van der Waals surface area contributed by atoms with Crippen LogP contribution >= 0.6 is 11.8 Å². The van der Waals surface area contributed by atoms with Crippen LogP contribution in [0.2, 0.25) is 0 Å². The molecular weight excluding hydrogens is 272 g/mol. The average molecular weight is 294 g/mol. The second kappa shape index (κ2) is 6.99. The third kappa shape index (κ3) is 3.67. The molecule has 0 spiro atoms. The predicted octanol–water partition coefficient (Wildman–Crippen LogP) is 3.13. The number of amides is 1. The van der Waals surface area contributed by atoms with Gasteiger partial charge < -0.3 is 15.8 Å². The van der Waals surface area contributed by atoms with E-state index in [0.717, 1.165) is 23.5 Å². The average Bonchev–Trinajstić information content (AvgIpc) is 2.86. The first kappa shape index (κ1) is 15.2. The van der Waals surface area contributed by atoms with Gasteiger partial charge in [-0.1, -0.05) is 13.8 Å². The molecule has 1 amide bonds. The SMILES string of the molecule is CCCSc1ccc(N)c(NC(=O)C2OCCC2C)c1. The van der Waals surface area contributed by atoms with Gasteiger partial charge >= 0.3 is 0 Å². The number of anilines is 2. The molecule has 1 aliphatic heterocycles. The molecule has 110 valence electrons. The Morgan fingerprint density at radius 3 is 3.00 bits per heavy atom. The second-order valence-electron chi connectivity index (χ2n) is 5.14. The van der Waals surface area contributed by atoms with Gasteiger partial charge in [-0.2, -0.15) is 0 Å². The molecule has 0 aliphatic carbocycles. The lowest BCUT2D eigenvalue weighted by molar-refractivity contribution is -0.126. The molecule has 2 atom stereocenters. The van der Waals surface area contributed by atoms with Crippen LogP contribution in [0, 0.1) is 5.92 Å². The summed E-state index contributed by atoms with van der Waals surface area (Å²) in [4.78, 5) is 13.3. The van der Waals surface area contributed by atoms with Crippen molar-refractivity contribution in [1.82, 2.24) is 0 Å². The first-order valence-corrected chi connectivity index (χ1v) is 8.05. The highest BCUT2D eigenvalue weighted by atomic mass is 32.2. The van der Waals surface area contributed by atoms with Crippen LogP contribution in [0.15, 0.2) is 23.1 Å². The smallest absolute Gasteiger partial charge is 0.253 e. The minimum absolute atomic E-state index is 0.0978. The molecule has 3 N–H and O–H groups in total. The van der Waals surface area contributed by atoms with Gasteiger partial charge in [0.1, 0.15) is 6.10 Å². The normalized spacial score (nSPS) is 21.9. The minimum Gasteiger partial charge on any atom is -0.397 e. The molecule has 1 aliphatic rings. The number of rotatable bonds is 5. The second-order valence-corrected chi connectivity index (χ2v) is 6.31. The number of nitrogen functional groups attached to an aromatic ring is 1. The summed E-state index contributed by atoms with van der Waals surface area (Å²) in [6, 6.07) is 5.76. The van der Waals surface area contributed by atoms with Crippen LogP contribution in [-0.4, -0.2) is 24.4 Å². The zero-order valence-corrected chi connectivity index (χ0v) is 12.8. The number of carbonyl (C=O) groups excluding carboxylic acids is 1. The van der Waals surface area contributed by atoms with Crippen molar-refractivity contribution in [1.29, 1.82) is 0 Å². The summed E-state index contributed by atoms with van der Waals surface area (Å²) < 4.78 is 5.48. The summed E-state index contributed by atoms with van der Waals surface area (Å²) in [5.74, 6) is 1.22. The predicted molar refractivity (Wildman–Crippen MR) is 84.0 cm³/mol. The number of thioether (sulfide) groups is 1. The van der Waals surface area contributed by atoms with Crippen molar-refractivity contribution >= 4 is 29.0 Å². The molecule has 1 aromatic rings. The van der Waals surface area contributed by atoms with Gasteiger partial charge in [0.05, 0.1) is 11.4 Å².